The van der Waals surface area contributed by atoms with Gasteiger partial charge in [-0.05, 0) is 30.3 Å². The molecule has 1 fully saturated rings. The number of nitrogens with zero attached hydrogens (tertiary/aromatic N) is 4. The fourth-order valence-corrected chi connectivity index (χ4v) is 2.57. The molecule has 2 aromatic rings. The van der Waals surface area contributed by atoms with E-state index in [1.54, 1.807) is 6.07 Å². The van der Waals surface area contributed by atoms with Crippen molar-refractivity contribution in [3.63, 3.8) is 0 Å². The van der Waals surface area contributed by atoms with E-state index in [2.05, 4.69) is 20.9 Å². The first-order valence-corrected chi connectivity index (χ1v) is 6.98. The Hall–Kier alpha value is -2.74. The van der Waals surface area contributed by atoms with E-state index < -0.39 is 0 Å². The SMILES string of the molecule is N#Cc1cc(N2CCN(c3ccccn3)CC2)ccc1N. The van der Waals surface area contributed by atoms with Gasteiger partial charge in [-0.2, -0.15) is 5.26 Å². The Morgan fingerprint density at radius 1 is 1.05 bits per heavy atom. The van der Waals surface area contributed by atoms with Gasteiger partial charge in [-0.1, -0.05) is 6.07 Å². The molecule has 106 valence electrons. The van der Waals surface area contributed by atoms with Gasteiger partial charge in [-0.15, -0.1) is 0 Å². The Labute approximate surface area is 124 Å². The van der Waals surface area contributed by atoms with Gasteiger partial charge >= 0.3 is 0 Å². The largest absolute Gasteiger partial charge is 0.398 e. The zero-order valence-corrected chi connectivity index (χ0v) is 11.7. The van der Waals surface area contributed by atoms with Gasteiger partial charge in [0.25, 0.3) is 0 Å². The van der Waals surface area contributed by atoms with Gasteiger partial charge in [0.2, 0.25) is 0 Å². The summed E-state index contributed by atoms with van der Waals surface area (Å²) in [6, 6.07) is 13.8. The van der Waals surface area contributed by atoms with Crippen LogP contribution in [0.4, 0.5) is 17.2 Å². The number of benzene rings is 1. The summed E-state index contributed by atoms with van der Waals surface area (Å²) < 4.78 is 0. The van der Waals surface area contributed by atoms with E-state index in [-0.39, 0.29) is 0 Å². The predicted molar refractivity (Wildman–Crippen MR) is 84.2 cm³/mol. The van der Waals surface area contributed by atoms with Crippen molar-refractivity contribution in [3.05, 3.63) is 48.2 Å². The standard InChI is InChI=1S/C16H17N5/c17-12-13-11-14(4-5-15(13)18)20-7-9-21(10-8-20)16-3-1-2-6-19-16/h1-6,11H,7-10,18H2. The molecule has 0 atom stereocenters. The fraction of sp³-hybridized carbons (Fsp3) is 0.250. The number of rotatable bonds is 2. The molecule has 1 aliphatic heterocycles. The Balaban J connectivity index is 1.70. The number of nitriles is 1. The Morgan fingerprint density at radius 2 is 1.81 bits per heavy atom. The number of nitrogen functional groups attached to an aromatic ring is 1. The summed E-state index contributed by atoms with van der Waals surface area (Å²) in [5.74, 6) is 1.02. The summed E-state index contributed by atoms with van der Waals surface area (Å²) in [7, 11) is 0. The Morgan fingerprint density at radius 3 is 2.48 bits per heavy atom. The fourth-order valence-electron chi connectivity index (χ4n) is 2.57. The minimum absolute atomic E-state index is 0.536. The van der Waals surface area contributed by atoms with Crippen LogP contribution in [-0.4, -0.2) is 31.2 Å². The maximum absolute atomic E-state index is 9.07. The normalized spacial score (nSPS) is 14.8. The summed E-state index contributed by atoms with van der Waals surface area (Å²) >= 11 is 0. The lowest BCUT2D eigenvalue weighted by atomic mass is 10.1. The van der Waals surface area contributed by atoms with Crippen molar-refractivity contribution < 1.29 is 0 Å². The van der Waals surface area contributed by atoms with Crippen LogP contribution < -0.4 is 15.5 Å². The Bertz CT molecular complexity index is 654. The van der Waals surface area contributed by atoms with E-state index in [0.29, 0.717) is 11.3 Å². The van der Waals surface area contributed by atoms with Crippen LogP contribution in [0.5, 0.6) is 0 Å². The monoisotopic (exact) mass is 279 g/mol. The van der Waals surface area contributed by atoms with Crippen LogP contribution in [0.25, 0.3) is 0 Å². The molecule has 0 amide bonds. The zero-order valence-electron chi connectivity index (χ0n) is 11.7. The second-order valence-electron chi connectivity index (χ2n) is 5.05. The van der Waals surface area contributed by atoms with Crippen molar-refractivity contribution >= 4 is 17.2 Å². The molecule has 0 spiro atoms. The minimum atomic E-state index is 0.536. The van der Waals surface area contributed by atoms with Crippen LogP contribution in [0.1, 0.15) is 5.56 Å². The highest BCUT2D eigenvalue weighted by molar-refractivity contribution is 5.63. The summed E-state index contributed by atoms with van der Waals surface area (Å²) in [6.45, 7) is 3.66. The number of aromatic nitrogens is 1. The molecule has 0 bridgehead atoms. The lowest BCUT2D eigenvalue weighted by molar-refractivity contribution is 0.647. The van der Waals surface area contributed by atoms with E-state index in [4.69, 9.17) is 11.0 Å². The number of hydrogen-bond acceptors (Lipinski definition) is 5. The van der Waals surface area contributed by atoms with Crippen LogP contribution >= 0.6 is 0 Å². The van der Waals surface area contributed by atoms with Crippen LogP contribution in [0, 0.1) is 11.3 Å². The molecule has 21 heavy (non-hydrogen) atoms. The van der Waals surface area contributed by atoms with E-state index in [1.807, 2.05) is 36.5 Å². The average Bonchev–Trinajstić information content (AvgIpc) is 2.56. The lowest BCUT2D eigenvalue weighted by Crippen LogP contribution is -2.46. The van der Waals surface area contributed by atoms with Gasteiger partial charge in [-0.3, -0.25) is 0 Å². The third-order valence-electron chi connectivity index (χ3n) is 3.78. The molecule has 2 N–H and O–H groups in total. The minimum Gasteiger partial charge on any atom is -0.398 e. The van der Waals surface area contributed by atoms with Crippen molar-refractivity contribution in [2.75, 3.05) is 41.7 Å². The molecule has 5 nitrogen and oxygen atoms in total. The van der Waals surface area contributed by atoms with Crippen molar-refractivity contribution in [2.45, 2.75) is 0 Å². The molecular formula is C16H17N5. The highest BCUT2D eigenvalue weighted by Gasteiger charge is 2.18. The molecule has 1 aliphatic rings. The van der Waals surface area contributed by atoms with Crippen LogP contribution in [0.15, 0.2) is 42.6 Å². The quantitative estimate of drug-likeness (QED) is 0.850. The number of pyridine rings is 1. The predicted octanol–water partition coefficient (Wildman–Crippen LogP) is 1.86. The maximum atomic E-state index is 9.07. The number of nitrogens with two attached hydrogens (primary N) is 1. The van der Waals surface area contributed by atoms with Crippen molar-refractivity contribution in [2.24, 2.45) is 0 Å². The number of hydrogen-bond donors (Lipinski definition) is 1. The molecule has 1 saturated heterocycles. The summed E-state index contributed by atoms with van der Waals surface area (Å²) in [6.07, 6.45) is 1.82. The van der Waals surface area contributed by atoms with E-state index in [9.17, 15) is 0 Å². The van der Waals surface area contributed by atoms with Crippen LogP contribution in [0.3, 0.4) is 0 Å². The molecule has 0 radical (unpaired) electrons. The van der Waals surface area contributed by atoms with Gasteiger partial charge in [0, 0.05) is 43.8 Å². The van der Waals surface area contributed by atoms with Gasteiger partial charge in [0.15, 0.2) is 0 Å². The molecular weight excluding hydrogens is 262 g/mol. The third kappa shape index (κ3) is 2.75. The highest BCUT2D eigenvalue weighted by Crippen LogP contribution is 2.23. The molecule has 1 aromatic heterocycles. The molecule has 3 rings (SSSR count). The van der Waals surface area contributed by atoms with E-state index in [1.165, 1.54) is 0 Å². The molecule has 5 heteroatoms. The third-order valence-corrected chi connectivity index (χ3v) is 3.78. The zero-order chi connectivity index (χ0) is 14.7. The Kier molecular flexibility index (Phi) is 3.61. The van der Waals surface area contributed by atoms with Crippen molar-refractivity contribution in [1.82, 2.24) is 4.98 Å². The van der Waals surface area contributed by atoms with Gasteiger partial charge in [-0.25, -0.2) is 4.98 Å². The molecule has 0 saturated carbocycles. The second-order valence-corrected chi connectivity index (χ2v) is 5.05. The average molecular weight is 279 g/mol. The molecule has 1 aromatic carbocycles. The maximum Gasteiger partial charge on any atom is 0.128 e. The van der Waals surface area contributed by atoms with Crippen molar-refractivity contribution in [1.29, 1.82) is 5.26 Å². The first-order valence-electron chi connectivity index (χ1n) is 6.98. The van der Waals surface area contributed by atoms with E-state index in [0.717, 1.165) is 37.7 Å². The number of piperazine rings is 1. The smallest absolute Gasteiger partial charge is 0.128 e. The lowest BCUT2D eigenvalue weighted by Gasteiger charge is -2.36. The van der Waals surface area contributed by atoms with Crippen LogP contribution in [0.2, 0.25) is 0 Å². The highest BCUT2D eigenvalue weighted by atomic mass is 15.3. The first-order chi connectivity index (χ1) is 10.3. The molecule has 2 heterocycles. The second kappa shape index (κ2) is 5.71. The van der Waals surface area contributed by atoms with E-state index >= 15 is 0 Å². The number of anilines is 3. The van der Waals surface area contributed by atoms with Gasteiger partial charge in [0.1, 0.15) is 11.9 Å². The molecule has 0 aliphatic carbocycles. The summed E-state index contributed by atoms with van der Waals surface area (Å²) in [5, 5.41) is 9.07. The molecule has 0 unspecified atom stereocenters. The van der Waals surface area contributed by atoms with Crippen molar-refractivity contribution in [3.8, 4) is 6.07 Å². The summed E-state index contributed by atoms with van der Waals surface area (Å²) in [4.78, 5) is 8.94. The van der Waals surface area contributed by atoms with Gasteiger partial charge < -0.3 is 15.5 Å². The summed E-state index contributed by atoms with van der Waals surface area (Å²) in [5.41, 5.74) is 7.90. The van der Waals surface area contributed by atoms with Gasteiger partial charge in [0.05, 0.1) is 5.56 Å². The topological polar surface area (TPSA) is 69.2 Å². The van der Waals surface area contributed by atoms with Crippen LogP contribution in [-0.2, 0) is 0 Å². The first kappa shape index (κ1) is 13.3.